The lowest BCUT2D eigenvalue weighted by Gasteiger charge is -2.16. The number of nitrogens with zero attached hydrogens (tertiary/aromatic N) is 3. The second kappa shape index (κ2) is 6.84. The fourth-order valence-electron chi connectivity index (χ4n) is 3.02. The fourth-order valence-corrected chi connectivity index (χ4v) is 3.02. The summed E-state index contributed by atoms with van der Waals surface area (Å²) in [5.74, 6) is 0.451. The summed E-state index contributed by atoms with van der Waals surface area (Å²) in [7, 11) is 1.75. The number of anilines is 3. The Morgan fingerprint density at radius 2 is 2.19 bits per heavy atom. The van der Waals surface area contributed by atoms with Crippen LogP contribution >= 0.6 is 0 Å². The highest BCUT2D eigenvalue weighted by Crippen LogP contribution is 2.24. The highest BCUT2D eigenvalue weighted by Gasteiger charge is 2.19. The van der Waals surface area contributed by atoms with E-state index in [1.165, 1.54) is 18.3 Å². The lowest BCUT2D eigenvalue weighted by atomic mass is 10.2. The predicted molar refractivity (Wildman–Crippen MR) is 98.8 cm³/mol. The highest BCUT2D eigenvalue weighted by atomic mass is 19.1. The molecule has 0 spiro atoms. The average Bonchev–Trinajstić information content (AvgIpc) is 3.04. The average molecular weight is 370 g/mol. The van der Waals surface area contributed by atoms with Crippen LogP contribution in [0.15, 0.2) is 30.5 Å². The maximum atomic E-state index is 14.0. The van der Waals surface area contributed by atoms with Crippen molar-refractivity contribution in [3.63, 3.8) is 0 Å². The van der Waals surface area contributed by atoms with Crippen LogP contribution in [0.25, 0.3) is 5.65 Å². The highest BCUT2D eigenvalue weighted by molar-refractivity contribution is 6.00. The summed E-state index contributed by atoms with van der Waals surface area (Å²) in [6.07, 6.45) is 1.47. The summed E-state index contributed by atoms with van der Waals surface area (Å²) in [6, 6.07) is 6.11. The standard InChI is InChI=1S/C18H19FN6O2/c1-10-8-27-9-11-3-12(19)5-13(4-11)23-15-6-16(20-2)25-17(24-15)14(7-21-25)18(26)22-10/h3-7,10,20H,8-9H2,1-2H3,(H,22,26)(H,23,24)/t10-/m1/s1. The first kappa shape index (κ1) is 17.2. The second-order valence-electron chi connectivity index (χ2n) is 6.43. The van der Waals surface area contributed by atoms with E-state index in [-0.39, 0.29) is 24.4 Å². The van der Waals surface area contributed by atoms with E-state index in [0.29, 0.717) is 40.7 Å². The molecular weight excluding hydrogens is 351 g/mol. The molecule has 1 aliphatic rings. The maximum Gasteiger partial charge on any atom is 0.257 e. The summed E-state index contributed by atoms with van der Waals surface area (Å²) in [5.41, 5.74) is 1.97. The van der Waals surface area contributed by atoms with Crippen molar-refractivity contribution in [3.05, 3.63) is 47.4 Å². The monoisotopic (exact) mass is 370 g/mol. The smallest absolute Gasteiger partial charge is 0.257 e. The van der Waals surface area contributed by atoms with Gasteiger partial charge in [-0.25, -0.2) is 9.37 Å². The van der Waals surface area contributed by atoms with Crippen molar-refractivity contribution in [2.75, 3.05) is 24.3 Å². The van der Waals surface area contributed by atoms with Gasteiger partial charge in [-0.15, -0.1) is 0 Å². The van der Waals surface area contributed by atoms with E-state index < -0.39 is 0 Å². The van der Waals surface area contributed by atoms with Gasteiger partial charge in [-0.3, -0.25) is 4.79 Å². The van der Waals surface area contributed by atoms with Gasteiger partial charge < -0.3 is 20.7 Å². The molecule has 1 aromatic carbocycles. The summed E-state index contributed by atoms with van der Waals surface area (Å²) in [6.45, 7) is 2.37. The molecule has 0 fully saturated rings. The number of fused-ring (bicyclic) bond motifs is 3. The summed E-state index contributed by atoms with van der Waals surface area (Å²) < 4.78 is 21.2. The van der Waals surface area contributed by atoms with Crippen molar-refractivity contribution in [3.8, 4) is 0 Å². The van der Waals surface area contributed by atoms with Crippen molar-refractivity contribution in [1.29, 1.82) is 0 Å². The van der Waals surface area contributed by atoms with Gasteiger partial charge in [-0.05, 0) is 30.7 Å². The molecule has 0 saturated heterocycles. The lowest BCUT2D eigenvalue weighted by molar-refractivity contribution is 0.0821. The van der Waals surface area contributed by atoms with Gasteiger partial charge in [0.2, 0.25) is 0 Å². The second-order valence-corrected chi connectivity index (χ2v) is 6.43. The molecular formula is C18H19FN6O2. The molecule has 140 valence electrons. The molecule has 0 aliphatic carbocycles. The van der Waals surface area contributed by atoms with Gasteiger partial charge in [0.25, 0.3) is 5.91 Å². The molecule has 4 rings (SSSR count). The number of amides is 1. The number of ether oxygens (including phenoxy) is 1. The van der Waals surface area contributed by atoms with E-state index >= 15 is 0 Å². The Balaban J connectivity index is 1.87. The molecule has 27 heavy (non-hydrogen) atoms. The predicted octanol–water partition coefficient (Wildman–Crippen LogP) is 2.30. The zero-order valence-electron chi connectivity index (χ0n) is 14.9. The molecule has 3 heterocycles. The lowest BCUT2D eigenvalue weighted by Crippen LogP contribution is -2.35. The van der Waals surface area contributed by atoms with Crippen molar-refractivity contribution in [2.24, 2.45) is 0 Å². The molecule has 3 N–H and O–H groups in total. The first-order valence-corrected chi connectivity index (χ1v) is 8.55. The van der Waals surface area contributed by atoms with E-state index in [2.05, 4.69) is 26.0 Å². The third-order valence-electron chi connectivity index (χ3n) is 4.22. The van der Waals surface area contributed by atoms with Crippen LogP contribution in [-0.2, 0) is 11.3 Å². The molecule has 0 saturated carbocycles. The Morgan fingerprint density at radius 3 is 3.00 bits per heavy atom. The normalized spacial score (nSPS) is 17.3. The molecule has 1 aliphatic heterocycles. The van der Waals surface area contributed by atoms with E-state index in [9.17, 15) is 9.18 Å². The molecule has 3 aromatic rings. The van der Waals surface area contributed by atoms with Gasteiger partial charge >= 0.3 is 0 Å². The molecule has 1 atom stereocenters. The zero-order chi connectivity index (χ0) is 19.0. The van der Waals surface area contributed by atoms with Crippen molar-refractivity contribution in [1.82, 2.24) is 19.9 Å². The topological polar surface area (TPSA) is 92.6 Å². The number of rotatable bonds is 1. The number of hydrogen-bond acceptors (Lipinski definition) is 6. The van der Waals surface area contributed by atoms with Crippen molar-refractivity contribution in [2.45, 2.75) is 19.6 Å². The van der Waals surface area contributed by atoms with E-state index in [1.54, 1.807) is 23.7 Å². The van der Waals surface area contributed by atoms with Crippen molar-refractivity contribution >= 4 is 28.9 Å². The van der Waals surface area contributed by atoms with Crippen LogP contribution in [-0.4, -0.2) is 40.2 Å². The quantitative estimate of drug-likeness (QED) is 0.609. The largest absolute Gasteiger partial charge is 0.375 e. The molecule has 0 unspecified atom stereocenters. The Labute approximate surface area is 154 Å². The summed E-state index contributed by atoms with van der Waals surface area (Å²) in [4.78, 5) is 17.1. The van der Waals surface area contributed by atoms with Crippen LogP contribution in [0.4, 0.5) is 21.7 Å². The number of nitrogens with one attached hydrogen (secondary N) is 3. The molecule has 2 aromatic heterocycles. The number of carbonyl (C=O) groups excluding carboxylic acids is 1. The Hall–Kier alpha value is -3.20. The Morgan fingerprint density at radius 1 is 1.33 bits per heavy atom. The molecule has 4 bridgehead atoms. The van der Waals surface area contributed by atoms with E-state index in [4.69, 9.17) is 4.74 Å². The van der Waals surface area contributed by atoms with Gasteiger partial charge in [-0.2, -0.15) is 9.61 Å². The third-order valence-corrected chi connectivity index (χ3v) is 4.22. The van der Waals surface area contributed by atoms with Gasteiger partial charge in [0.15, 0.2) is 5.65 Å². The molecule has 9 heteroatoms. The number of benzene rings is 1. The van der Waals surface area contributed by atoms with Crippen LogP contribution in [0.3, 0.4) is 0 Å². The van der Waals surface area contributed by atoms with E-state index in [1.807, 2.05) is 6.92 Å². The Kier molecular flexibility index (Phi) is 4.36. The van der Waals surface area contributed by atoms with Crippen LogP contribution in [0, 0.1) is 5.82 Å². The van der Waals surface area contributed by atoms with E-state index in [0.717, 1.165) is 0 Å². The number of hydrogen-bond donors (Lipinski definition) is 3. The minimum absolute atomic E-state index is 0.228. The van der Waals surface area contributed by atoms with Crippen LogP contribution < -0.4 is 16.0 Å². The maximum absolute atomic E-state index is 14.0. The van der Waals surface area contributed by atoms with Gasteiger partial charge in [-0.1, -0.05) is 0 Å². The molecule has 8 nitrogen and oxygen atoms in total. The Bertz CT molecular complexity index is 1020. The van der Waals surface area contributed by atoms with Gasteiger partial charge in [0, 0.05) is 24.8 Å². The van der Waals surface area contributed by atoms with Gasteiger partial charge in [0.1, 0.15) is 23.0 Å². The SMILES string of the molecule is CNc1cc2nc3c(cnn13)C(=O)N[C@H](C)COCc1cc(F)cc(c1)N2. The number of aromatic nitrogens is 3. The van der Waals surface area contributed by atoms with Crippen LogP contribution in [0.2, 0.25) is 0 Å². The molecule has 1 amide bonds. The van der Waals surface area contributed by atoms with Crippen molar-refractivity contribution < 1.29 is 13.9 Å². The zero-order valence-corrected chi connectivity index (χ0v) is 14.9. The summed E-state index contributed by atoms with van der Waals surface area (Å²) in [5, 5.41) is 13.2. The number of halogens is 1. The third kappa shape index (κ3) is 3.41. The number of carbonyl (C=O) groups is 1. The summed E-state index contributed by atoms with van der Waals surface area (Å²) >= 11 is 0. The first-order chi connectivity index (χ1) is 13.0. The first-order valence-electron chi connectivity index (χ1n) is 8.55. The fraction of sp³-hybridized carbons (Fsp3) is 0.278. The minimum Gasteiger partial charge on any atom is -0.375 e. The van der Waals surface area contributed by atoms with Gasteiger partial charge in [0.05, 0.1) is 19.4 Å². The minimum atomic E-state index is -0.369. The van der Waals surface area contributed by atoms with Crippen LogP contribution in [0.1, 0.15) is 22.8 Å². The van der Waals surface area contributed by atoms with Crippen LogP contribution in [0.5, 0.6) is 0 Å². The molecule has 0 radical (unpaired) electrons.